The van der Waals surface area contributed by atoms with Crippen molar-refractivity contribution in [2.45, 2.75) is 0 Å². The molecule has 0 aliphatic carbocycles. The molecule has 1 aliphatic rings. The van der Waals surface area contributed by atoms with E-state index in [1.165, 1.54) is 0 Å². The summed E-state index contributed by atoms with van der Waals surface area (Å²) in [5.41, 5.74) is 1.10. The first kappa shape index (κ1) is 15.5. The number of nitrogens with zero attached hydrogens (tertiary/aromatic N) is 2. The molecule has 0 saturated heterocycles. The summed E-state index contributed by atoms with van der Waals surface area (Å²) < 4.78 is 16.5. The van der Waals surface area contributed by atoms with Gasteiger partial charge in [-0.05, 0) is 42.5 Å². The molecule has 2 aromatic carbocycles. The molecule has 0 atom stereocenters. The Hall–Kier alpha value is -3.06. The summed E-state index contributed by atoms with van der Waals surface area (Å²) in [7, 11) is 0. The third-order valence-corrected chi connectivity index (χ3v) is 3.79. The molecule has 7 nitrogen and oxygen atoms in total. The second kappa shape index (κ2) is 6.45. The van der Waals surface area contributed by atoms with E-state index < -0.39 is 0 Å². The number of anilines is 1. The Morgan fingerprint density at radius 3 is 2.56 bits per heavy atom. The van der Waals surface area contributed by atoms with E-state index in [4.69, 9.17) is 25.5 Å². The van der Waals surface area contributed by atoms with Crippen molar-refractivity contribution in [2.24, 2.45) is 0 Å². The van der Waals surface area contributed by atoms with Crippen LogP contribution in [0.2, 0.25) is 5.02 Å². The van der Waals surface area contributed by atoms with Gasteiger partial charge in [-0.3, -0.25) is 10.1 Å². The topological polar surface area (TPSA) is 86.5 Å². The maximum absolute atomic E-state index is 12.1. The average molecular weight is 358 g/mol. The Kier molecular flexibility index (Phi) is 3.99. The van der Waals surface area contributed by atoms with Crippen molar-refractivity contribution in [1.82, 2.24) is 10.2 Å². The molecule has 0 unspecified atom stereocenters. The Balaban J connectivity index is 1.52. The highest BCUT2D eigenvalue weighted by Gasteiger charge is 2.16. The molecule has 4 rings (SSSR count). The summed E-state index contributed by atoms with van der Waals surface area (Å²) in [4.78, 5) is 12.1. The second-order valence-corrected chi connectivity index (χ2v) is 5.67. The van der Waals surface area contributed by atoms with Gasteiger partial charge in [0.05, 0.1) is 0 Å². The van der Waals surface area contributed by atoms with E-state index in [0.717, 1.165) is 0 Å². The van der Waals surface area contributed by atoms with Gasteiger partial charge >= 0.3 is 6.01 Å². The number of amides is 1. The molecule has 0 radical (unpaired) electrons. The molecule has 8 heteroatoms. The Morgan fingerprint density at radius 2 is 1.76 bits per heavy atom. The number of halogens is 1. The van der Waals surface area contributed by atoms with Crippen molar-refractivity contribution in [1.29, 1.82) is 0 Å². The first-order valence-electron chi connectivity index (χ1n) is 7.49. The molecular formula is C17H12ClN3O4. The van der Waals surface area contributed by atoms with Gasteiger partial charge < -0.3 is 13.9 Å². The lowest BCUT2D eigenvalue weighted by Gasteiger charge is -2.18. The maximum Gasteiger partial charge on any atom is 0.322 e. The molecule has 1 N–H and O–H groups in total. The molecule has 0 bridgehead atoms. The van der Waals surface area contributed by atoms with Gasteiger partial charge in [0.2, 0.25) is 5.89 Å². The van der Waals surface area contributed by atoms with Crippen LogP contribution in [0.3, 0.4) is 0 Å². The molecule has 126 valence electrons. The highest BCUT2D eigenvalue weighted by Crippen LogP contribution is 2.34. The fraction of sp³-hybridized carbons (Fsp3) is 0.118. The molecule has 3 aromatic rings. The summed E-state index contributed by atoms with van der Waals surface area (Å²) >= 11 is 5.81. The van der Waals surface area contributed by atoms with Crippen molar-refractivity contribution in [2.75, 3.05) is 18.5 Å². The van der Waals surface area contributed by atoms with E-state index in [2.05, 4.69) is 15.5 Å². The van der Waals surface area contributed by atoms with Gasteiger partial charge in [0.15, 0.2) is 11.5 Å². The van der Waals surface area contributed by atoms with Gasteiger partial charge in [0.25, 0.3) is 5.91 Å². The zero-order valence-electron chi connectivity index (χ0n) is 12.9. The molecule has 1 aromatic heterocycles. The molecule has 0 fully saturated rings. The first-order valence-corrected chi connectivity index (χ1v) is 7.87. The van der Waals surface area contributed by atoms with E-state index in [1.54, 1.807) is 42.5 Å². The quantitative estimate of drug-likeness (QED) is 0.773. The Bertz CT molecular complexity index is 924. The average Bonchev–Trinajstić information content (AvgIpc) is 3.10. The van der Waals surface area contributed by atoms with Crippen LogP contribution < -0.4 is 14.8 Å². The monoisotopic (exact) mass is 357 g/mol. The minimum Gasteiger partial charge on any atom is -0.486 e. The normalized spacial score (nSPS) is 12.7. The van der Waals surface area contributed by atoms with Crippen LogP contribution >= 0.6 is 11.6 Å². The molecule has 25 heavy (non-hydrogen) atoms. The van der Waals surface area contributed by atoms with E-state index >= 15 is 0 Å². The standard InChI is InChI=1S/C17H12ClN3O4/c18-12-4-1-10(2-5-12)15(22)19-17-21-20-16(25-17)11-3-6-13-14(9-11)24-8-7-23-13/h1-6,9H,7-8H2,(H,19,21,22). The fourth-order valence-electron chi connectivity index (χ4n) is 2.34. The number of carbonyl (C=O) groups is 1. The van der Waals surface area contributed by atoms with Gasteiger partial charge in [0.1, 0.15) is 13.2 Å². The summed E-state index contributed by atoms with van der Waals surface area (Å²) in [6.07, 6.45) is 0. The first-order chi connectivity index (χ1) is 12.2. The summed E-state index contributed by atoms with van der Waals surface area (Å²) in [6, 6.07) is 11.8. The van der Waals surface area contributed by atoms with E-state index in [-0.39, 0.29) is 17.8 Å². The molecule has 2 heterocycles. The maximum atomic E-state index is 12.1. The van der Waals surface area contributed by atoms with Crippen LogP contribution in [0.4, 0.5) is 6.01 Å². The number of hydrogen-bond acceptors (Lipinski definition) is 6. The highest BCUT2D eigenvalue weighted by molar-refractivity contribution is 6.30. The van der Waals surface area contributed by atoms with Crippen molar-refractivity contribution >= 4 is 23.5 Å². The lowest BCUT2D eigenvalue weighted by atomic mass is 10.2. The van der Waals surface area contributed by atoms with Crippen LogP contribution in [0.15, 0.2) is 46.9 Å². The van der Waals surface area contributed by atoms with Gasteiger partial charge in [-0.25, -0.2) is 0 Å². The van der Waals surface area contributed by atoms with Crippen LogP contribution in [-0.2, 0) is 0 Å². The van der Waals surface area contributed by atoms with Gasteiger partial charge in [0, 0.05) is 16.1 Å². The van der Waals surface area contributed by atoms with Crippen molar-refractivity contribution in [3.8, 4) is 23.0 Å². The van der Waals surface area contributed by atoms with E-state index in [1.807, 2.05) is 0 Å². The third kappa shape index (κ3) is 3.27. The zero-order valence-corrected chi connectivity index (χ0v) is 13.6. The summed E-state index contributed by atoms with van der Waals surface area (Å²) in [5.74, 6) is 1.19. The van der Waals surface area contributed by atoms with Crippen LogP contribution in [0.5, 0.6) is 11.5 Å². The number of aromatic nitrogens is 2. The number of benzene rings is 2. The van der Waals surface area contributed by atoms with Gasteiger partial charge in [-0.2, -0.15) is 0 Å². The minimum atomic E-state index is -0.367. The van der Waals surface area contributed by atoms with Crippen molar-refractivity contribution in [3.63, 3.8) is 0 Å². The number of carbonyl (C=O) groups excluding carboxylic acids is 1. The largest absolute Gasteiger partial charge is 0.486 e. The summed E-state index contributed by atoms with van der Waals surface area (Å²) in [5, 5.41) is 10.9. The number of hydrogen-bond donors (Lipinski definition) is 1. The number of rotatable bonds is 3. The van der Waals surface area contributed by atoms with E-state index in [9.17, 15) is 4.79 Å². The van der Waals surface area contributed by atoms with Crippen LogP contribution in [0.25, 0.3) is 11.5 Å². The van der Waals surface area contributed by atoms with Gasteiger partial charge in [-0.15, -0.1) is 5.10 Å². The lowest BCUT2D eigenvalue weighted by Crippen LogP contribution is -2.15. The molecule has 0 spiro atoms. The predicted molar refractivity (Wildman–Crippen MR) is 90.1 cm³/mol. The zero-order chi connectivity index (χ0) is 17.2. The molecule has 0 saturated carbocycles. The molecular weight excluding hydrogens is 346 g/mol. The predicted octanol–water partition coefficient (Wildman–Crippen LogP) is 3.41. The molecule has 1 aliphatic heterocycles. The number of fused-ring (bicyclic) bond motifs is 1. The Labute approximate surface area is 147 Å². The highest BCUT2D eigenvalue weighted by atomic mass is 35.5. The van der Waals surface area contributed by atoms with Gasteiger partial charge in [-0.1, -0.05) is 16.7 Å². The smallest absolute Gasteiger partial charge is 0.322 e. The fourth-order valence-corrected chi connectivity index (χ4v) is 2.46. The van der Waals surface area contributed by atoms with Crippen LogP contribution in [-0.4, -0.2) is 29.3 Å². The number of nitrogens with one attached hydrogen (secondary N) is 1. The SMILES string of the molecule is O=C(Nc1nnc(-c2ccc3c(c2)OCCO3)o1)c1ccc(Cl)cc1. The van der Waals surface area contributed by atoms with Crippen molar-refractivity contribution in [3.05, 3.63) is 53.1 Å². The van der Waals surface area contributed by atoms with Crippen LogP contribution in [0.1, 0.15) is 10.4 Å². The minimum absolute atomic E-state index is 0.00448. The molecule has 1 amide bonds. The lowest BCUT2D eigenvalue weighted by molar-refractivity contribution is 0.102. The third-order valence-electron chi connectivity index (χ3n) is 3.54. The van der Waals surface area contributed by atoms with Crippen LogP contribution in [0, 0.1) is 0 Å². The Morgan fingerprint density at radius 1 is 1.00 bits per heavy atom. The van der Waals surface area contributed by atoms with Crippen molar-refractivity contribution < 1.29 is 18.7 Å². The summed E-state index contributed by atoms with van der Waals surface area (Å²) in [6.45, 7) is 1.01. The second-order valence-electron chi connectivity index (χ2n) is 5.23. The number of ether oxygens (including phenoxy) is 2. The van der Waals surface area contributed by atoms with E-state index in [0.29, 0.717) is 40.9 Å².